The van der Waals surface area contributed by atoms with Crippen LogP contribution in [0.2, 0.25) is 0 Å². The number of carbonyl (C=O) groups excluding carboxylic acids is 1. The number of benzene rings is 2. The van der Waals surface area contributed by atoms with Crippen molar-refractivity contribution in [1.29, 1.82) is 5.26 Å². The van der Waals surface area contributed by atoms with Crippen LogP contribution >= 0.6 is 0 Å². The summed E-state index contributed by atoms with van der Waals surface area (Å²) < 4.78 is 42.4. The number of hydrogen-bond acceptors (Lipinski definition) is 5. The second-order valence-corrected chi connectivity index (χ2v) is 7.95. The quantitative estimate of drug-likeness (QED) is 0.836. The zero-order valence-electron chi connectivity index (χ0n) is 14.0. The Morgan fingerprint density at radius 3 is 2.38 bits per heavy atom. The monoisotopic (exact) mass is 376 g/mol. The summed E-state index contributed by atoms with van der Waals surface area (Å²) in [4.78, 5) is 11.6. The highest BCUT2D eigenvalue weighted by Crippen LogP contribution is 2.22. The van der Waals surface area contributed by atoms with E-state index < -0.39 is 27.0 Å². The van der Waals surface area contributed by atoms with Crippen LogP contribution in [-0.4, -0.2) is 26.8 Å². The van der Waals surface area contributed by atoms with Crippen LogP contribution in [0, 0.1) is 17.1 Å². The van der Waals surface area contributed by atoms with Crippen molar-refractivity contribution in [2.24, 2.45) is 0 Å². The molecule has 0 aliphatic carbocycles. The van der Waals surface area contributed by atoms with Crippen molar-refractivity contribution in [3.63, 3.8) is 0 Å². The molecule has 136 valence electrons. The van der Waals surface area contributed by atoms with E-state index in [0.717, 1.165) is 12.1 Å². The SMILES string of the molecule is CC(c1ccc(C#N)cc1)S(=O)(=O)CCNC(=O)Oc1ccc(F)cc1. The van der Waals surface area contributed by atoms with Crippen molar-refractivity contribution in [3.8, 4) is 11.8 Å². The lowest BCUT2D eigenvalue weighted by Crippen LogP contribution is -2.32. The van der Waals surface area contributed by atoms with Crippen LogP contribution in [0.15, 0.2) is 48.5 Å². The summed E-state index contributed by atoms with van der Waals surface area (Å²) in [7, 11) is -3.51. The molecule has 1 amide bonds. The van der Waals surface area contributed by atoms with Gasteiger partial charge >= 0.3 is 6.09 Å². The number of amides is 1. The Hall–Kier alpha value is -2.92. The van der Waals surface area contributed by atoms with E-state index in [9.17, 15) is 17.6 Å². The summed E-state index contributed by atoms with van der Waals surface area (Å²) in [6, 6.07) is 13.1. The number of nitrogens with zero attached hydrogens (tertiary/aromatic N) is 1. The third kappa shape index (κ3) is 5.29. The molecule has 1 unspecified atom stereocenters. The first-order chi connectivity index (χ1) is 12.3. The van der Waals surface area contributed by atoms with Crippen LogP contribution in [-0.2, 0) is 9.84 Å². The smallest absolute Gasteiger partial charge is 0.410 e. The number of rotatable bonds is 6. The molecule has 1 N–H and O–H groups in total. The molecule has 0 aliphatic rings. The lowest BCUT2D eigenvalue weighted by molar-refractivity contribution is 0.201. The highest BCUT2D eigenvalue weighted by molar-refractivity contribution is 7.91. The number of carbonyl (C=O) groups is 1. The second kappa shape index (κ2) is 8.45. The lowest BCUT2D eigenvalue weighted by Gasteiger charge is -2.14. The van der Waals surface area contributed by atoms with E-state index in [1.807, 2.05) is 6.07 Å². The maximum absolute atomic E-state index is 12.8. The molecule has 2 rings (SSSR count). The van der Waals surface area contributed by atoms with E-state index in [0.29, 0.717) is 11.1 Å². The van der Waals surface area contributed by atoms with Crippen LogP contribution in [0.4, 0.5) is 9.18 Å². The molecule has 0 saturated heterocycles. The van der Waals surface area contributed by atoms with Gasteiger partial charge in [0.15, 0.2) is 9.84 Å². The first kappa shape index (κ1) is 19.4. The Morgan fingerprint density at radius 2 is 1.81 bits per heavy atom. The van der Waals surface area contributed by atoms with Crippen molar-refractivity contribution >= 4 is 15.9 Å². The number of hydrogen-bond donors (Lipinski definition) is 1. The lowest BCUT2D eigenvalue weighted by atomic mass is 10.1. The number of nitrogens with one attached hydrogen (secondary N) is 1. The van der Waals surface area contributed by atoms with Crippen molar-refractivity contribution in [2.45, 2.75) is 12.2 Å². The van der Waals surface area contributed by atoms with Gasteiger partial charge in [-0.3, -0.25) is 0 Å². The maximum atomic E-state index is 12.8. The third-order valence-electron chi connectivity index (χ3n) is 3.73. The molecular weight excluding hydrogens is 359 g/mol. The van der Waals surface area contributed by atoms with Gasteiger partial charge < -0.3 is 10.1 Å². The minimum absolute atomic E-state index is 0.122. The molecule has 0 bridgehead atoms. The van der Waals surface area contributed by atoms with Crippen molar-refractivity contribution in [2.75, 3.05) is 12.3 Å². The zero-order valence-corrected chi connectivity index (χ0v) is 14.8. The second-order valence-electron chi connectivity index (χ2n) is 5.51. The summed E-state index contributed by atoms with van der Waals surface area (Å²) in [6.07, 6.45) is -0.821. The van der Waals surface area contributed by atoms with Gasteiger partial charge in [0.2, 0.25) is 0 Å². The van der Waals surface area contributed by atoms with Crippen molar-refractivity contribution < 1.29 is 22.3 Å². The molecule has 0 aromatic heterocycles. The highest BCUT2D eigenvalue weighted by atomic mass is 32.2. The van der Waals surface area contributed by atoms with Gasteiger partial charge in [-0.15, -0.1) is 0 Å². The molecule has 0 spiro atoms. The topological polar surface area (TPSA) is 96.3 Å². The molecule has 0 radical (unpaired) electrons. The molecule has 8 heteroatoms. The Kier molecular flexibility index (Phi) is 6.31. The highest BCUT2D eigenvalue weighted by Gasteiger charge is 2.22. The van der Waals surface area contributed by atoms with Crippen LogP contribution in [0.5, 0.6) is 5.75 Å². The number of sulfone groups is 1. The first-order valence-electron chi connectivity index (χ1n) is 7.74. The molecule has 0 heterocycles. The molecule has 6 nitrogen and oxygen atoms in total. The normalized spacial score (nSPS) is 12.0. The van der Waals surface area contributed by atoms with Gasteiger partial charge in [0.05, 0.1) is 22.6 Å². The van der Waals surface area contributed by atoms with Gasteiger partial charge in [-0.05, 0) is 48.9 Å². The summed E-state index contributed by atoms with van der Waals surface area (Å²) in [5.41, 5.74) is 1.02. The van der Waals surface area contributed by atoms with Gasteiger partial charge in [0.1, 0.15) is 11.6 Å². The molecule has 0 saturated carbocycles. The van der Waals surface area contributed by atoms with E-state index in [4.69, 9.17) is 10.00 Å². The Morgan fingerprint density at radius 1 is 1.19 bits per heavy atom. The Bertz CT molecular complexity index is 904. The van der Waals surface area contributed by atoms with Crippen molar-refractivity contribution in [3.05, 3.63) is 65.5 Å². The molecule has 0 fully saturated rings. The molecule has 1 atom stereocenters. The van der Waals surface area contributed by atoms with Crippen LogP contribution in [0.25, 0.3) is 0 Å². The van der Waals surface area contributed by atoms with E-state index in [2.05, 4.69) is 5.32 Å². The number of nitriles is 1. The summed E-state index contributed by atoms with van der Waals surface area (Å²) in [5.74, 6) is -0.578. The van der Waals surface area contributed by atoms with Crippen LogP contribution < -0.4 is 10.1 Å². The molecular formula is C18H17FN2O4S. The van der Waals surface area contributed by atoms with E-state index in [1.165, 1.54) is 12.1 Å². The van der Waals surface area contributed by atoms with Gasteiger partial charge in [0.25, 0.3) is 0 Å². The Labute approximate surface area is 151 Å². The maximum Gasteiger partial charge on any atom is 0.412 e. The number of ether oxygens (including phenoxy) is 1. The largest absolute Gasteiger partial charge is 0.412 e. The van der Waals surface area contributed by atoms with E-state index in [-0.39, 0.29) is 18.0 Å². The van der Waals surface area contributed by atoms with Crippen LogP contribution in [0.3, 0.4) is 0 Å². The molecule has 26 heavy (non-hydrogen) atoms. The Balaban J connectivity index is 1.87. The average Bonchev–Trinajstić information content (AvgIpc) is 2.63. The van der Waals surface area contributed by atoms with Gasteiger partial charge in [-0.1, -0.05) is 12.1 Å². The van der Waals surface area contributed by atoms with Gasteiger partial charge in [-0.2, -0.15) is 5.26 Å². The van der Waals surface area contributed by atoms with Gasteiger partial charge in [0, 0.05) is 6.54 Å². The number of halogens is 1. The summed E-state index contributed by atoms with van der Waals surface area (Å²) in [6.45, 7) is 1.43. The summed E-state index contributed by atoms with van der Waals surface area (Å²) in [5, 5.41) is 10.4. The third-order valence-corrected chi connectivity index (χ3v) is 5.85. The van der Waals surface area contributed by atoms with E-state index in [1.54, 1.807) is 31.2 Å². The fourth-order valence-electron chi connectivity index (χ4n) is 2.15. The average molecular weight is 376 g/mol. The molecule has 0 aliphatic heterocycles. The zero-order chi connectivity index (χ0) is 19.2. The standard InChI is InChI=1S/C18H17FN2O4S/c1-13(15-4-2-14(12-20)3-5-15)26(23,24)11-10-21-18(22)25-17-8-6-16(19)7-9-17/h2-9,13H,10-11H2,1H3,(H,21,22). The minimum atomic E-state index is -3.51. The molecule has 2 aromatic rings. The fraction of sp³-hybridized carbons (Fsp3) is 0.222. The van der Waals surface area contributed by atoms with Crippen LogP contribution in [0.1, 0.15) is 23.3 Å². The van der Waals surface area contributed by atoms with Crippen molar-refractivity contribution in [1.82, 2.24) is 5.32 Å². The predicted octanol–water partition coefficient (Wildman–Crippen LogP) is 2.96. The fourth-order valence-corrected chi connectivity index (χ4v) is 3.47. The first-order valence-corrected chi connectivity index (χ1v) is 9.46. The molecule has 2 aromatic carbocycles. The van der Waals surface area contributed by atoms with Gasteiger partial charge in [-0.25, -0.2) is 17.6 Å². The predicted molar refractivity (Wildman–Crippen MR) is 93.8 cm³/mol. The minimum Gasteiger partial charge on any atom is -0.410 e. The summed E-state index contributed by atoms with van der Waals surface area (Å²) >= 11 is 0. The van der Waals surface area contributed by atoms with E-state index >= 15 is 0 Å².